The summed E-state index contributed by atoms with van der Waals surface area (Å²) in [6, 6.07) is 0. The van der Waals surface area contributed by atoms with E-state index < -0.39 is 5.60 Å². The first-order valence-electron chi connectivity index (χ1n) is 9.89. The van der Waals surface area contributed by atoms with Crippen LogP contribution in [0.5, 0.6) is 0 Å². The van der Waals surface area contributed by atoms with Crippen molar-refractivity contribution in [2.24, 2.45) is 35.0 Å². The van der Waals surface area contributed by atoms with Gasteiger partial charge in [-0.2, -0.15) is 0 Å². The molecule has 5 unspecified atom stereocenters. The van der Waals surface area contributed by atoms with Gasteiger partial charge in [-0.1, -0.05) is 13.8 Å². The van der Waals surface area contributed by atoms with Gasteiger partial charge in [0.25, 0.3) is 0 Å². The van der Waals surface area contributed by atoms with Gasteiger partial charge in [0, 0.05) is 0 Å². The zero-order valence-corrected chi connectivity index (χ0v) is 14.4. The predicted octanol–water partition coefficient (Wildman–Crippen LogP) is 4.14. The summed E-state index contributed by atoms with van der Waals surface area (Å²) in [6.45, 7) is 4.58. The van der Waals surface area contributed by atoms with E-state index in [-0.39, 0.29) is 11.5 Å². The minimum atomic E-state index is -0.401. The Balaban J connectivity index is 1.58. The zero-order chi connectivity index (χ0) is 15.5. The Morgan fingerprint density at radius 3 is 2.45 bits per heavy atom. The van der Waals surface area contributed by atoms with Gasteiger partial charge < -0.3 is 10.2 Å². The normalized spacial score (nSPS) is 57.8. The van der Waals surface area contributed by atoms with Crippen molar-refractivity contribution in [2.45, 2.75) is 89.8 Å². The molecule has 0 aromatic rings. The highest BCUT2D eigenvalue weighted by atomic mass is 16.3. The number of rotatable bonds is 1. The van der Waals surface area contributed by atoms with Crippen LogP contribution in [0.3, 0.4) is 0 Å². The topological polar surface area (TPSA) is 40.5 Å². The summed E-state index contributed by atoms with van der Waals surface area (Å²) in [5, 5.41) is 21.2. The lowest BCUT2D eigenvalue weighted by Gasteiger charge is -2.57. The number of hydrogen-bond donors (Lipinski definition) is 2. The fraction of sp³-hybridized carbons (Fsp3) is 1.00. The molecule has 0 heterocycles. The lowest BCUT2D eigenvalue weighted by atomic mass is 9.49. The van der Waals surface area contributed by atoms with Crippen molar-refractivity contribution in [3.63, 3.8) is 0 Å². The molecule has 22 heavy (non-hydrogen) atoms. The van der Waals surface area contributed by atoms with E-state index in [2.05, 4.69) is 13.8 Å². The van der Waals surface area contributed by atoms with Crippen LogP contribution in [-0.4, -0.2) is 21.9 Å². The van der Waals surface area contributed by atoms with Crippen molar-refractivity contribution in [1.29, 1.82) is 0 Å². The molecule has 0 spiro atoms. The van der Waals surface area contributed by atoms with E-state index in [0.717, 1.165) is 55.3 Å². The molecular weight excluding hydrogens is 272 g/mol. The first-order valence-corrected chi connectivity index (χ1v) is 9.89. The highest BCUT2D eigenvalue weighted by Crippen LogP contribution is 2.65. The minimum absolute atomic E-state index is 0.0247. The molecule has 4 aliphatic carbocycles. The largest absolute Gasteiger partial charge is 0.393 e. The van der Waals surface area contributed by atoms with Gasteiger partial charge in [-0.15, -0.1) is 0 Å². The molecule has 4 fully saturated rings. The van der Waals surface area contributed by atoms with Gasteiger partial charge in [-0.3, -0.25) is 0 Å². The van der Waals surface area contributed by atoms with E-state index >= 15 is 0 Å². The van der Waals surface area contributed by atoms with Crippen molar-refractivity contribution in [1.82, 2.24) is 0 Å². The molecule has 0 aromatic heterocycles. The van der Waals surface area contributed by atoms with Crippen LogP contribution < -0.4 is 0 Å². The first-order chi connectivity index (χ1) is 10.5. The zero-order valence-electron chi connectivity index (χ0n) is 14.4. The highest BCUT2D eigenvalue weighted by Gasteiger charge is 2.61. The third-order valence-corrected chi connectivity index (χ3v) is 8.83. The summed E-state index contributed by atoms with van der Waals surface area (Å²) < 4.78 is 0. The molecule has 0 radical (unpaired) electrons. The Morgan fingerprint density at radius 1 is 0.909 bits per heavy atom. The predicted molar refractivity (Wildman–Crippen MR) is 88.4 cm³/mol. The quantitative estimate of drug-likeness (QED) is 0.764. The maximum atomic E-state index is 11.2. The van der Waals surface area contributed by atoms with Gasteiger partial charge in [0.15, 0.2) is 0 Å². The van der Waals surface area contributed by atoms with E-state index in [0.29, 0.717) is 0 Å². The minimum Gasteiger partial charge on any atom is -0.393 e. The number of fused-ring (bicyclic) bond motifs is 5. The van der Waals surface area contributed by atoms with Crippen molar-refractivity contribution < 1.29 is 10.2 Å². The van der Waals surface area contributed by atoms with E-state index in [1.54, 1.807) is 0 Å². The van der Waals surface area contributed by atoms with Gasteiger partial charge in [0.05, 0.1) is 11.7 Å². The fourth-order valence-corrected chi connectivity index (χ4v) is 7.52. The Morgan fingerprint density at radius 2 is 1.68 bits per heavy atom. The summed E-state index contributed by atoms with van der Waals surface area (Å²) in [5.41, 5.74) is -0.230. The molecule has 4 rings (SSSR count). The summed E-state index contributed by atoms with van der Waals surface area (Å²) in [5.74, 6) is 4.17. The SMILES string of the molecule is CC[C@]1(O)CCC2C3CC[C@H]4C[C@@H](O)CCC4C3CCC21C. The molecule has 0 bridgehead atoms. The second-order valence-corrected chi connectivity index (χ2v) is 9.28. The Kier molecular flexibility index (Phi) is 3.66. The van der Waals surface area contributed by atoms with Crippen LogP contribution >= 0.6 is 0 Å². The van der Waals surface area contributed by atoms with Gasteiger partial charge in [0.1, 0.15) is 0 Å². The molecule has 2 heteroatoms. The van der Waals surface area contributed by atoms with Crippen LogP contribution in [0, 0.1) is 35.0 Å². The van der Waals surface area contributed by atoms with Gasteiger partial charge in [0.2, 0.25) is 0 Å². The smallest absolute Gasteiger partial charge is 0.0701 e. The molecule has 4 saturated carbocycles. The molecule has 0 saturated heterocycles. The van der Waals surface area contributed by atoms with E-state index in [9.17, 15) is 10.2 Å². The second kappa shape index (κ2) is 5.21. The monoisotopic (exact) mass is 306 g/mol. The maximum Gasteiger partial charge on any atom is 0.0701 e. The number of aliphatic hydroxyl groups is 2. The van der Waals surface area contributed by atoms with Gasteiger partial charge >= 0.3 is 0 Å². The van der Waals surface area contributed by atoms with Crippen molar-refractivity contribution in [3.8, 4) is 0 Å². The third kappa shape index (κ3) is 1.99. The summed E-state index contributed by atoms with van der Waals surface area (Å²) >= 11 is 0. The Hall–Kier alpha value is -0.0800. The molecule has 0 aliphatic heterocycles. The van der Waals surface area contributed by atoms with Crippen molar-refractivity contribution >= 4 is 0 Å². The molecular formula is C20H34O2. The van der Waals surface area contributed by atoms with E-state index in [1.165, 1.54) is 38.5 Å². The summed E-state index contributed by atoms with van der Waals surface area (Å²) in [6.07, 6.45) is 11.8. The van der Waals surface area contributed by atoms with Crippen molar-refractivity contribution in [3.05, 3.63) is 0 Å². The van der Waals surface area contributed by atoms with Crippen molar-refractivity contribution in [2.75, 3.05) is 0 Å². The molecule has 8 atom stereocenters. The molecule has 2 nitrogen and oxygen atoms in total. The maximum absolute atomic E-state index is 11.2. The fourth-order valence-electron chi connectivity index (χ4n) is 7.52. The van der Waals surface area contributed by atoms with Gasteiger partial charge in [-0.25, -0.2) is 0 Å². The van der Waals surface area contributed by atoms with Crippen LogP contribution in [-0.2, 0) is 0 Å². The molecule has 2 N–H and O–H groups in total. The number of hydrogen-bond acceptors (Lipinski definition) is 2. The Labute approximate surface area is 135 Å². The standard InChI is InChI=1S/C20H34O2/c1-3-20(22)11-9-18-17-6-4-13-12-14(21)5-7-15(13)16(17)8-10-19(18,20)2/h13-18,21-22H,3-12H2,1-2H3/t13-,14-,15?,16?,17?,18?,19?,20-/m0/s1. The van der Waals surface area contributed by atoms with Crippen LogP contribution in [0.25, 0.3) is 0 Å². The molecule has 0 aromatic carbocycles. The van der Waals surface area contributed by atoms with E-state index in [4.69, 9.17) is 0 Å². The van der Waals surface area contributed by atoms with Crippen LogP contribution in [0.4, 0.5) is 0 Å². The van der Waals surface area contributed by atoms with Gasteiger partial charge in [-0.05, 0) is 99.2 Å². The molecule has 0 amide bonds. The van der Waals surface area contributed by atoms with Crippen LogP contribution in [0.15, 0.2) is 0 Å². The average Bonchev–Trinajstić information content (AvgIpc) is 2.79. The number of aliphatic hydroxyl groups excluding tert-OH is 1. The Bertz CT molecular complexity index is 435. The average molecular weight is 306 g/mol. The van der Waals surface area contributed by atoms with Crippen LogP contribution in [0.1, 0.15) is 78.1 Å². The summed E-state index contributed by atoms with van der Waals surface area (Å²) in [4.78, 5) is 0. The van der Waals surface area contributed by atoms with E-state index in [1.807, 2.05) is 0 Å². The third-order valence-electron chi connectivity index (χ3n) is 8.83. The lowest BCUT2D eigenvalue weighted by molar-refractivity contribution is -0.134. The van der Waals surface area contributed by atoms with Crippen LogP contribution in [0.2, 0.25) is 0 Å². The molecule has 4 aliphatic rings. The summed E-state index contributed by atoms with van der Waals surface area (Å²) in [7, 11) is 0. The molecule has 126 valence electrons. The highest BCUT2D eigenvalue weighted by molar-refractivity contribution is 5.11. The lowest BCUT2D eigenvalue weighted by Crippen LogP contribution is -2.53. The first kappa shape index (κ1) is 15.4. The second-order valence-electron chi connectivity index (χ2n) is 9.28.